The molecule has 2 aromatic heterocycles. The summed E-state index contributed by atoms with van der Waals surface area (Å²) in [5.74, 6) is -1.83. The quantitative estimate of drug-likeness (QED) is 0.133. The zero-order valence-electron chi connectivity index (χ0n) is 22.1. The standard InChI is InChI=1S/C24H26N6O6.C2HF3O2/c25-22-21-23(30-24(26)29-22)28-20(14-4-2-6-18(8-14)36-12-16(34)10-32)19(27-21)13-3-1-5-17(7-13)35-11-15(33)9-31;3-2(4,5)1(6)7/h1-8,15-16,31-34H,9-12H2,(H4,25,26,28,29,30);(H,6,7). The van der Waals surface area contributed by atoms with Crippen molar-refractivity contribution >= 4 is 28.9 Å². The second-order valence-corrected chi connectivity index (χ2v) is 8.71. The van der Waals surface area contributed by atoms with Gasteiger partial charge in [-0.05, 0) is 24.3 Å². The molecule has 0 spiro atoms. The first-order valence-electron chi connectivity index (χ1n) is 12.3. The first kappa shape index (κ1) is 32.7. The molecule has 43 heavy (non-hydrogen) atoms. The fraction of sp³-hybridized carbons (Fsp3) is 0.269. The lowest BCUT2D eigenvalue weighted by Crippen LogP contribution is -2.21. The molecule has 4 aromatic rings. The number of aliphatic hydroxyl groups is 4. The van der Waals surface area contributed by atoms with Gasteiger partial charge in [-0.3, -0.25) is 0 Å². The Bertz CT molecular complexity index is 1560. The number of aliphatic hydroxyl groups excluding tert-OH is 4. The molecule has 0 saturated carbocycles. The number of aromatic nitrogens is 4. The van der Waals surface area contributed by atoms with Crippen LogP contribution in [0.3, 0.4) is 0 Å². The molecule has 0 radical (unpaired) electrons. The first-order valence-corrected chi connectivity index (χ1v) is 12.3. The van der Waals surface area contributed by atoms with E-state index in [9.17, 15) is 23.4 Å². The van der Waals surface area contributed by atoms with Gasteiger partial charge in [-0.2, -0.15) is 23.1 Å². The number of rotatable bonds is 10. The fourth-order valence-electron chi connectivity index (χ4n) is 3.35. The molecular weight excluding hydrogens is 581 g/mol. The number of fused-ring (bicyclic) bond motifs is 1. The third-order valence-electron chi connectivity index (χ3n) is 5.34. The number of carbonyl (C=O) groups is 1. The lowest BCUT2D eigenvalue weighted by molar-refractivity contribution is -0.192. The molecule has 230 valence electrons. The van der Waals surface area contributed by atoms with E-state index in [2.05, 4.69) is 15.0 Å². The van der Waals surface area contributed by atoms with E-state index in [4.69, 9.17) is 46.0 Å². The largest absolute Gasteiger partial charge is 0.491 e. The van der Waals surface area contributed by atoms with Crippen molar-refractivity contribution in [1.82, 2.24) is 19.9 Å². The highest BCUT2D eigenvalue weighted by Gasteiger charge is 2.38. The van der Waals surface area contributed by atoms with Crippen LogP contribution in [-0.4, -0.2) is 96.2 Å². The molecule has 0 aliphatic carbocycles. The Hall–Kier alpha value is -4.84. The van der Waals surface area contributed by atoms with Gasteiger partial charge in [-0.15, -0.1) is 0 Å². The summed E-state index contributed by atoms with van der Waals surface area (Å²) in [6.45, 7) is -1.02. The third kappa shape index (κ3) is 9.07. The van der Waals surface area contributed by atoms with Crippen molar-refractivity contribution in [2.24, 2.45) is 0 Å². The van der Waals surface area contributed by atoms with E-state index in [1.165, 1.54) is 0 Å². The number of anilines is 2. The average molecular weight is 609 g/mol. The Labute approximate surface area is 241 Å². The minimum absolute atomic E-state index is 0.0408. The summed E-state index contributed by atoms with van der Waals surface area (Å²) in [5, 5.41) is 44.4. The molecule has 0 fully saturated rings. The highest BCUT2D eigenvalue weighted by Crippen LogP contribution is 2.34. The minimum Gasteiger partial charge on any atom is -0.491 e. The molecule has 0 saturated heterocycles. The van der Waals surface area contributed by atoms with Crippen LogP contribution in [0.2, 0.25) is 0 Å². The van der Waals surface area contributed by atoms with E-state index in [0.717, 1.165) is 0 Å². The van der Waals surface area contributed by atoms with Crippen molar-refractivity contribution in [3.8, 4) is 34.0 Å². The molecule has 2 aromatic carbocycles. The monoisotopic (exact) mass is 608 g/mol. The van der Waals surface area contributed by atoms with E-state index < -0.39 is 37.6 Å². The Morgan fingerprint density at radius 3 is 1.72 bits per heavy atom. The lowest BCUT2D eigenvalue weighted by atomic mass is 10.0. The molecule has 9 N–H and O–H groups in total. The Morgan fingerprint density at radius 2 is 1.28 bits per heavy atom. The zero-order valence-corrected chi connectivity index (χ0v) is 22.1. The molecule has 17 heteroatoms. The highest BCUT2D eigenvalue weighted by atomic mass is 19.4. The van der Waals surface area contributed by atoms with Crippen LogP contribution in [0.25, 0.3) is 33.7 Å². The molecule has 0 bridgehead atoms. The maximum absolute atomic E-state index is 10.6. The summed E-state index contributed by atoms with van der Waals surface area (Å²) >= 11 is 0. The summed E-state index contributed by atoms with van der Waals surface area (Å²) in [5.41, 5.74) is 14.5. The van der Waals surface area contributed by atoms with Gasteiger partial charge >= 0.3 is 12.1 Å². The number of nitrogens with two attached hydrogens (primary N) is 2. The van der Waals surface area contributed by atoms with Gasteiger partial charge in [-0.25, -0.2) is 14.8 Å². The van der Waals surface area contributed by atoms with E-state index in [1.807, 2.05) is 0 Å². The molecule has 0 aliphatic heterocycles. The lowest BCUT2D eigenvalue weighted by Gasteiger charge is -2.14. The number of hydrogen-bond donors (Lipinski definition) is 7. The second-order valence-electron chi connectivity index (χ2n) is 8.71. The Kier molecular flexibility index (Phi) is 10.9. The summed E-state index contributed by atoms with van der Waals surface area (Å²) in [6.07, 6.45) is -7.11. The van der Waals surface area contributed by atoms with Gasteiger partial charge < -0.3 is 46.5 Å². The first-order chi connectivity index (χ1) is 20.3. The van der Waals surface area contributed by atoms with E-state index in [1.54, 1.807) is 48.5 Å². The fourth-order valence-corrected chi connectivity index (χ4v) is 3.35. The normalized spacial score (nSPS) is 12.6. The van der Waals surface area contributed by atoms with Gasteiger partial charge in [-0.1, -0.05) is 24.3 Å². The molecule has 2 heterocycles. The summed E-state index contributed by atoms with van der Waals surface area (Å²) in [7, 11) is 0. The van der Waals surface area contributed by atoms with Gasteiger partial charge in [0.2, 0.25) is 5.95 Å². The molecule has 4 rings (SSSR count). The van der Waals surface area contributed by atoms with E-state index in [0.29, 0.717) is 34.0 Å². The van der Waals surface area contributed by atoms with Crippen molar-refractivity contribution in [2.75, 3.05) is 37.9 Å². The van der Waals surface area contributed by atoms with Gasteiger partial charge in [0.25, 0.3) is 0 Å². The van der Waals surface area contributed by atoms with Gasteiger partial charge in [0.15, 0.2) is 17.0 Å². The van der Waals surface area contributed by atoms with Crippen LogP contribution in [0.15, 0.2) is 48.5 Å². The number of nitrogen functional groups attached to an aromatic ring is 2. The minimum atomic E-state index is -5.08. The number of carboxylic acid groups (broad SMARTS) is 1. The molecule has 0 aliphatic rings. The van der Waals surface area contributed by atoms with Crippen LogP contribution < -0.4 is 20.9 Å². The summed E-state index contributed by atoms with van der Waals surface area (Å²) in [6, 6.07) is 14.0. The number of alkyl halides is 3. The van der Waals surface area contributed by atoms with Crippen LogP contribution in [0.4, 0.5) is 24.9 Å². The number of carboxylic acids is 1. The topological polar surface area (TPSA) is 240 Å². The van der Waals surface area contributed by atoms with Crippen molar-refractivity contribution < 1.29 is 53.0 Å². The van der Waals surface area contributed by atoms with Crippen molar-refractivity contribution in [2.45, 2.75) is 18.4 Å². The van der Waals surface area contributed by atoms with Crippen molar-refractivity contribution in [3.63, 3.8) is 0 Å². The number of ether oxygens (including phenoxy) is 2. The maximum Gasteiger partial charge on any atom is 0.490 e. The average Bonchev–Trinajstić information content (AvgIpc) is 2.98. The van der Waals surface area contributed by atoms with Crippen LogP contribution in [0, 0.1) is 0 Å². The molecule has 0 amide bonds. The van der Waals surface area contributed by atoms with Crippen LogP contribution in [0.5, 0.6) is 11.5 Å². The van der Waals surface area contributed by atoms with E-state index >= 15 is 0 Å². The predicted molar refractivity (Wildman–Crippen MR) is 146 cm³/mol. The molecular formula is C26H27F3N6O8. The van der Waals surface area contributed by atoms with Crippen LogP contribution in [0.1, 0.15) is 0 Å². The predicted octanol–water partition coefficient (Wildman–Crippen LogP) is 1.02. The highest BCUT2D eigenvalue weighted by molar-refractivity contribution is 5.89. The number of hydrogen-bond acceptors (Lipinski definition) is 13. The smallest absolute Gasteiger partial charge is 0.490 e. The van der Waals surface area contributed by atoms with Crippen molar-refractivity contribution in [3.05, 3.63) is 48.5 Å². The summed E-state index contributed by atoms with van der Waals surface area (Å²) in [4.78, 5) is 26.4. The van der Waals surface area contributed by atoms with Crippen molar-refractivity contribution in [1.29, 1.82) is 0 Å². The number of halogens is 3. The molecule has 14 nitrogen and oxygen atoms in total. The van der Waals surface area contributed by atoms with Crippen LogP contribution >= 0.6 is 0 Å². The third-order valence-corrected chi connectivity index (χ3v) is 5.34. The number of aliphatic carboxylic acids is 1. The maximum atomic E-state index is 10.6. The number of benzene rings is 2. The summed E-state index contributed by atoms with van der Waals surface area (Å²) < 4.78 is 42.9. The van der Waals surface area contributed by atoms with Gasteiger partial charge in [0, 0.05) is 11.1 Å². The number of nitrogens with zero attached hydrogens (tertiary/aromatic N) is 4. The molecule has 2 unspecified atom stereocenters. The molecule has 2 atom stereocenters. The SMILES string of the molecule is Nc1nc(N)c2nc(-c3cccc(OCC(O)CO)c3)c(-c3cccc(OCC(O)CO)c3)nc2n1.O=C(O)C(F)(F)F. The Morgan fingerprint density at radius 1 is 0.814 bits per heavy atom. The Balaban J connectivity index is 0.000000646. The van der Waals surface area contributed by atoms with E-state index in [-0.39, 0.29) is 36.1 Å². The second kappa shape index (κ2) is 14.4. The van der Waals surface area contributed by atoms with Gasteiger partial charge in [0.05, 0.1) is 24.6 Å². The van der Waals surface area contributed by atoms with Crippen LogP contribution in [-0.2, 0) is 4.79 Å². The van der Waals surface area contributed by atoms with Gasteiger partial charge in [0.1, 0.15) is 36.9 Å². The zero-order chi connectivity index (χ0) is 31.7.